The third kappa shape index (κ3) is 1.83. The van der Waals surface area contributed by atoms with Crippen molar-refractivity contribution in [2.45, 2.75) is 6.54 Å². The van der Waals surface area contributed by atoms with E-state index in [4.69, 9.17) is 11.0 Å². The molecule has 2 aromatic rings. The molecule has 6 heteroatoms. The van der Waals surface area contributed by atoms with Crippen LogP contribution in [0.15, 0.2) is 28.9 Å². The number of hydrogen-bond acceptors (Lipinski definition) is 4. The van der Waals surface area contributed by atoms with E-state index in [1.807, 2.05) is 0 Å². The third-order valence-electron chi connectivity index (χ3n) is 2.13. The van der Waals surface area contributed by atoms with Gasteiger partial charge in [0.15, 0.2) is 0 Å². The summed E-state index contributed by atoms with van der Waals surface area (Å²) in [5.74, 6) is 0. The van der Waals surface area contributed by atoms with Gasteiger partial charge in [0.05, 0.1) is 29.2 Å². The van der Waals surface area contributed by atoms with Crippen molar-refractivity contribution in [1.82, 2.24) is 15.0 Å². The summed E-state index contributed by atoms with van der Waals surface area (Å²) in [6.07, 6.45) is 1.62. The summed E-state index contributed by atoms with van der Waals surface area (Å²) in [5.41, 5.74) is 7.79. The number of nitrogens with two attached hydrogens (primary N) is 1. The highest BCUT2D eigenvalue weighted by Gasteiger charge is 2.08. The van der Waals surface area contributed by atoms with E-state index in [0.29, 0.717) is 12.1 Å². The molecule has 5 nitrogen and oxygen atoms in total. The normalized spacial score (nSPS) is 10.1. The molecule has 0 aliphatic rings. The fraction of sp³-hybridized carbons (Fsp3) is 0.100. The Labute approximate surface area is 101 Å². The summed E-state index contributed by atoms with van der Waals surface area (Å²) in [5, 5.41) is 16.5. The maximum absolute atomic E-state index is 8.76. The first-order valence-electron chi connectivity index (χ1n) is 4.56. The molecule has 0 fully saturated rings. The smallest absolute Gasteiger partial charge is 0.0992 e. The molecule has 0 radical (unpaired) electrons. The van der Waals surface area contributed by atoms with Gasteiger partial charge in [-0.3, -0.25) is 0 Å². The first-order valence-corrected chi connectivity index (χ1v) is 5.35. The molecule has 0 bridgehead atoms. The van der Waals surface area contributed by atoms with Gasteiger partial charge in [0.25, 0.3) is 0 Å². The van der Waals surface area contributed by atoms with Crippen LogP contribution in [-0.4, -0.2) is 15.0 Å². The molecule has 0 saturated carbocycles. The van der Waals surface area contributed by atoms with E-state index in [9.17, 15) is 0 Å². The van der Waals surface area contributed by atoms with Gasteiger partial charge in [-0.1, -0.05) is 5.21 Å². The first-order chi connectivity index (χ1) is 7.76. The quantitative estimate of drug-likeness (QED) is 0.899. The fourth-order valence-corrected chi connectivity index (χ4v) is 1.89. The van der Waals surface area contributed by atoms with E-state index >= 15 is 0 Å². The molecule has 0 spiro atoms. The van der Waals surface area contributed by atoms with E-state index in [-0.39, 0.29) is 0 Å². The molecule has 0 atom stereocenters. The van der Waals surface area contributed by atoms with Crippen LogP contribution in [0.1, 0.15) is 11.3 Å². The summed E-state index contributed by atoms with van der Waals surface area (Å²) in [6.45, 7) is 0.361. The van der Waals surface area contributed by atoms with Crippen molar-refractivity contribution < 1.29 is 0 Å². The average molecular weight is 278 g/mol. The maximum Gasteiger partial charge on any atom is 0.0992 e. The predicted molar refractivity (Wildman–Crippen MR) is 61.7 cm³/mol. The molecule has 1 aromatic carbocycles. The largest absolute Gasteiger partial charge is 0.325 e. The van der Waals surface area contributed by atoms with Gasteiger partial charge in [0.1, 0.15) is 0 Å². The Balaban J connectivity index is 2.53. The van der Waals surface area contributed by atoms with Gasteiger partial charge in [-0.15, -0.1) is 5.10 Å². The molecule has 1 aromatic heterocycles. The van der Waals surface area contributed by atoms with Crippen molar-refractivity contribution in [2.24, 2.45) is 5.73 Å². The number of benzene rings is 1. The van der Waals surface area contributed by atoms with Gasteiger partial charge in [-0.25, -0.2) is 4.68 Å². The van der Waals surface area contributed by atoms with Crippen LogP contribution in [0.2, 0.25) is 0 Å². The second-order valence-corrected chi connectivity index (χ2v) is 3.97. The molecule has 1 heterocycles. The van der Waals surface area contributed by atoms with Gasteiger partial charge in [0.2, 0.25) is 0 Å². The number of nitriles is 1. The van der Waals surface area contributed by atoms with Crippen LogP contribution < -0.4 is 5.73 Å². The van der Waals surface area contributed by atoms with E-state index in [1.54, 1.807) is 29.1 Å². The highest BCUT2D eigenvalue weighted by Crippen LogP contribution is 2.22. The first kappa shape index (κ1) is 10.8. The molecular weight excluding hydrogens is 270 g/mol. The standard InChI is InChI=1S/C10H8BrN5/c11-9-3-7(4-12)1-2-10(9)16-8(5-13)6-14-15-16/h1-3,6H,5,13H2. The van der Waals surface area contributed by atoms with Crippen LogP contribution in [0.3, 0.4) is 0 Å². The van der Waals surface area contributed by atoms with Gasteiger partial charge >= 0.3 is 0 Å². The van der Waals surface area contributed by atoms with Gasteiger partial charge in [0, 0.05) is 11.0 Å². The molecule has 80 valence electrons. The van der Waals surface area contributed by atoms with Crippen LogP contribution in [0.5, 0.6) is 0 Å². The molecule has 16 heavy (non-hydrogen) atoms. The summed E-state index contributed by atoms with van der Waals surface area (Å²) < 4.78 is 2.43. The van der Waals surface area contributed by atoms with E-state index in [0.717, 1.165) is 15.9 Å². The molecule has 0 aliphatic carbocycles. The fourth-order valence-electron chi connectivity index (χ4n) is 1.35. The topological polar surface area (TPSA) is 80.5 Å². The van der Waals surface area contributed by atoms with Gasteiger partial charge in [-0.05, 0) is 34.1 Å². The molecule has 2 rings (SSSR count). The molecule has 0 amide bonds. The van der Waals surface area contributed by atoms with Crippen molar-refractivity contribution in [3.8, 4) is 11.8 Å². The minimum atomic E-state index is 0.361. The van der Waals surface area contributed by atoms with E-state index < -0.39 is 0 Å². The minimum absolute atomic E-state index is 0.361. The van der Waals surface area contributed by atoms with Crippen molar-refractivity contribution >= 4 is 15.9 Å². The molecule has 0 aliphatic heterocycles. The lowest BCUT2D eigenvalue weighted by atomic mass is 10.2. The Morgan fingerprint density at radius 3 is 2.94 bits per heavy atom. The SMILES string of the molecule is N#Cc1ccc(-n2nncc2CN)c(Br)c1. The summed E-state index contributed by atoms with van der Waals surface area (Å²) in [4.78, 5) is 0. The number of rotatable bonds is 2. The number of aromatic nitrogens is 3. The number of halogens is 1. The monoisotopic (exact) mass is 277 g/mol. The van der Waals surface area contributed by atoms with Crippen LogP contribution in [0, 0.1) is 11.3 Å². The van der Waals surface area contributed by atoms with Crippen molar-refractivity contribution in [3.05, 3.63) is 40.1 Å². The Morgan fingerprint density at radius 1 is 1.50 bits per heavy atom. The summed E-state index contributed by atoms with van der Waals surface area (Å²) in [6, 6.07) is 7.33. The second kappa shape index (κ2) is 4.43. The Hall–Kier alpha value is -1.71. The van der Waals surface area contributed by atoms with Crippen LogP contribution >= 0.6 is 15.9 Å². The zero-order valence-corrected chi connectivity index (χ0v) is 9.85. The third-order valence-corrected chi connectivity index (χ3v) is 2.77. The highest BCUT2D eigenvalue weighted by molar-refractivity contribution is 9.10. The Kier molecular flexibility index (Phi) is 2.99. The van der Waals surface area contributed by atoms with Gasteiger partial charge < -0.3 is 5.73 Å². The van der Waals surface area contributed by atoms with Crippen molar-refractivity contribution in [2.75, 3.05) is 0 Å². The number of nitrogens with zero attached hydrogens (tertiary/aromatic N) is 4. The molecule has 2 N–H and O–H groups in total. The van der Waals surface area contributed by atoms with Crippen LogP contribution in [0.25, 0.3) is 5.69 Å². The zero-order valence-electron chi connectivity index (χ0n) is 8.26. The lowest BCUT2D eigenvalue weighted by Crippen LogP contribution is -2.07. The van der Waals surface area contributed by atoms with Crippen molar-refractivity contribution in [3.63, 3.8) is 0 Å². The summed E-state index contributed by atoms with van der Waals surface area (Å²) >= 11 is 3.39. The Morgan fingerprint density at radius 2 is 2.31 bits per heavy atom. The second-order valence-electron chi connectivity index (χ2n) is 3.12. The minimum Gasteiger partial charge on any atom is -0.325 e. The van der Waals surface area contributed by atoms with Gasteiger partial charge in [-0.2, -0.15) is 5.26 Å². The molecule has 0 saturated heterocycles. The van der Waals surface area contributed by atoms with Crippen LogP contribution in [-0.2, 0) is 6.54 Å². The summed E-state index contributed by atoms with van der Waals surface area (Å²) in [7, 11) is 0. The maximum atomic E-state index is 8.76. The molecule has 0 unspecified atom stereocenters. The average Bonchev–Trinajstić information content (AvgIpc) is 2.76. The van der Waals surface area contributed by atoms with E-state index in [2.05, 4.69) is 32.3 Å². The lowest BCUT2D eigenvalue weighted by molar-refractivity contribution is 0.759. The lowest BCUT2D eigenvalue weighted by Gasteiger charge is -2.06. The van der Waals surface area contributed by atoms with Crippen LogP contribution in [0.4, 0.5) is 0 Å². The van der Waals surface area contributed by atoms with E-state index in [1.165, 1.54) is 0 Å². The highest BCUT2D eigenvalue weighted by atomic mass is 79.9. The zero-order chi connectivity index (χ0) is 11.5. The molecular formula is C10H8BrN5. The van der Waals surface area contributed by atoms with Crippen molar-refractivity contribution in [1.29, 1.82) is 5.26 Å². The predicted octanol–water partition coefficient (Wildman–Crippen LogP) is 1.36. The number of hydrogen-bond donors (Lipinski definition) is 1. The Bertz CT molecular complexity index is 555.